The van der Waals surface area contributed by atoms with E-state index in [9.17, 15) is 18.4 Å². The number of halogens is 2. The number of hydrogen-bond acceptors (Lipinski definition) is 3. The Bertz CT molecular complexity index is 579. The van der Waals surface area contributed by atoms with E-state index in [-0.39, 0.29) is 12.3 Å². The Morgan fingerprint density at radius 1 is 1.27 bits per heavy atom. The molecule has 7 heteroatoms. The number of carbonyl (C=O) groups excluding carboxylic acids is 2. The van der Waals surface area contributed by atoms with E-state index < -0.39 is 29.4 Å². The molecule has 0 saturated carbocycles. The molecule has 2 rings (SSSR count). The van der Waals surface area contributed by atoms with Gasteiger partial charge in [0.1, 0.15) is 17.2 Å². The average molecular weight is 312 g/mol. The molecule has 0 bridgehead atoms. The molecule has 1 heterocycles. The first-order valence-corrected chi connectivity index (χ1v) is 6.93. The summed E-state index contributed by atoms with van der Waals surface area (Å²) in [5, 5.41) is 1.07. The van der Waals surface area contributed by atoms with Crippen LogP contribution in [0, 0.1) is 11.6 Å². The van der Waals surface area contributed by atoms with Crippen molar-refractivity contribution in [3.8, 4) is 0 Å². The predicted octanol–water partition coefficient (Wildman–Crippen LogP) is 3.07. The first kappa shape index (κ1) is 16.2. The van der Waals surface area contributed by atoms with Gasteiger partial charge in [0.15, 0.2) is 0 Å². The van der Waals surface area contributed by atoms with Crippen molar-refractivity contribution in [2.24, 2.45) is 0 Å². The second-order valence-corrected chi connectivity index (χ2v) is 6.13. The minimum atomic E-state index is -0.787. The molecule has 0 aliphatic carbocycles. The lowest BCUT2D eigenvalue weighted by molar-refractivity contribution is -0.132. The maximum absolute atomic E-state index is 13.3. The number of hydrogen-bond donors (Lipinski definition) is 1. The number of rotatable bonds is 2. The highest BCUT2D eigenvalue weighted by Gasteiger charge is 2.35. The minimum absolute atomic E-state index is 0.179. The molecule has 1 aromatic rings. The fourth-order valence-corrected chi connectivity index (χ4v) is 2.31. The monoisotopic (exact) mass is 312 g/mol. The van der Waals surface area contributed by atoms with Gasteiger partial charge in [0.25, 0.3) is 0 Å². The zero-order chi connectivity index (χ0) is 16.5. The van der Waals surface area contributed by atoms with E-state index in [4.69, 9.17) is 4.74 Å². The van der Waals surface area contributed by atoms with Gasteiger partial charge in [0, 0.05) is 12.5 Å². The van der Waals surface area contributed by atoms with Gasteiger partial charge in [-0.1, -0.05) is 0 Å². The Morgan fingerprint density at radius 3 is 2.41 bits per heavy atom. The number of nitrogens with one attached hydrogen (secondary N) is 1. The van der Waals surface area contributed by atoms with Crippen LogP contribution in [0.4, 0.5) is 13.6 Å². The van der Waals surface area contributed by atoms with Gasteiger partial charge in [0.2, 0.25) is 5.91 Å². The first-order valence-electron chi connectivity index (χ1n) is 6.93. The largest absolute Gasteiger partial charge is 0.443 e. The van der Waals surface area contributed by atoms with Gasteiger partial charge >= 0.3 is 6.09 Å². The summed E-state index contributed by atoms with van der Waals surface area (Å²) in [5.74, 6) is -1.79. The lowest BCUT2D eigenvalue weighted by Gasteiger charge is -2.27. The molecule has 0 aromatic heterocycles. The van der Waals surface area contributed by atoms with Crippen molar-refractivity contribution < 1.29 is 23.1 Å². The van der Waals surface area contributed by atoms with E-state index >= 15 is 0 Å². The summed E-state index contributed by atoms with van der Waals surface area (Å²) >= 11 is 0. The second-order valence-electron chi connectivity index (χ2n) is 6.13. The van der Waals surface area contributed by atoms with E-state index in [2.05, 4.69) is 5.43 Å². The van der Waals surface area contributed by atoms with E-state index in [0.717, 1.165) is 23.2 Å². The fourth-order valence-electron chi connectivity index (χ4n) is 2.31. The number of amides is 2. The van der Waals surface area contributed by atoms with Crippen molar-refractivity contribution in [3.63, 3.8) is 0 Å². The fraction of sp³-hybridized carbons (Fsp3) is 0.467. The Hall–Kier alpha value is -2.18. The summed E-state index contributed by atoms with van der Waals surface area (Å²) in [5.41, 5.74) is 1.93. The number of ether oxygens (including phenoxy) is 1. The van der Waals surface area contributed by atoms with Crippen LogP contribution in [0.15, 0.2) is 18.2 Å². The van der Waals surface area contributed by atoms with Crippen LogP contribution in [-0.4, -0.2) is 22.6 Å². The highest BCUT2D eigenvalue weighted by molar-refractivity contribution is 5.81. The molecule has 1 aliphatic rings. The second kappa shape index (κ2) is 5.90. The van der Waals surface area contributed by atoms with Crippen molar-refractivity contribution in [1.29, 1.82) is 0 Å². The number of nitrogens with zero attached hydrogens (tertiary/aromatic N) is 1. The standard InChI is InChI=1S/C15H18F2N2O3/c1-15(2,3)22-14(21)18-19-12(4-5-13(19)20)9-6-10(16)8-11(17)7-9/h6-8,12H,4-5H2,1-3H3,(H,18,21). The Kier molecular flexibility index (Phi) is 4.35. The molecule has 1 aliphatic heterocycles. The molecule has 1 atom stereocenters. The quantitative estimate of drug-likeness (QED) is 0.913. The van der Waals surface area contributed by atoms with Gasteiger partial charge in [-0.3, -0.25) is 4.79 Å². The van der Waals surface area contributed by atoms with Crippen LogP contribution in [0.5, 0.6) is 0 Å². The zero-order valence-corrected chi connectivity index (χ0v) is 12.7. The van der Waals surface area contributed by atoms with Crippen LogP contribution in [0.2, 0.25) is 0 Å². The van der Waals surface area contributed by atoms with Gasteiger partial charge in [-0.25, -0.2) is 24.0 Å². The molecule has 22 heavy (non-hydrogen) atoms. The van der Waals surface area contributed by atoms with Crippen LogP contribution >= 0.6 is 0 Å². The average Bonchev–Trinajstić information content (AvgIpc) is 2.67. The lowest BCUT2D eigenvalue weighted by atomic mass is 10.0. The third-order valence-corrected chi connectivity index (χ3v) is 3.09. The van der Waals surface area contributed by atoms with Gasteiger partial charge in [-0.05, 0) is 44.9 Å². The maximum atomic E-state index is 13.3. The smallest absolute Gasteiger partial charge is 0.426 e. The van der Waals surface area contributed by atoms with Crippen LogP contribution < -0.4 is 5.43 Å². The van der Waals surface area contributed by atoms with E-state index in [1.165, 1.54) is 0 Å². The van der Waals surface area contributed by atoms with Crippen molar-refractivity contribution >= 4 is 12.0 Å². The predicted molar refractivity (Wildman–Crippen MR) is 74.5 cm³/mol. The van der Waals surface area contributed by atoms with Crippen LogP contribution in [0.3, 0.4) is 0 Å². The molecular weight excluding hydrogens is 294 g/mol. The van der Waals surface area contributed by atoms with Gasteiger partial charge in [-0.15, -0.1) is 0 Å². The highest BCUT2D eigenvalue weighted by Crippen LogP contribution is 2.32. The van der Waals surface area contributed by atoms with Gasteiger partial charge < -0.3 is 4.74 Å². The molecule has 1 unspecified atom stereocenters. The molecule has 1 N–H and O–H groups in total. The van der Waals surface area contributed by atoms with Crippen molar-refractivity contribution in [1.82, 2.24) is 10.4 Å². The van der Waals surface area contributed by atoms with E-state index in [1.807, 2.05) is 0 Å². The molecule has 1 fully saturated rings. The highest BCUT2D eigenvalue weighted by atomic mass is 19.1. The van der Waals surface area contributed by atoms with Gasteiger partial charge in [0.05, 0.1) is 6.04 Å². The van der Waals surface area contributed by atoms with E-state index in [0.29, 0.717) is 12.0 Å². The molecule has 120 valence electrons. The summed E-state index contributed by atoms with van der Waals surface area (Å²) in [6.07, 6.45) is -0.250. The van der Waals surface area contributed by atoms with Crippen molar-refractivity contribution in [3.05, 3.63) is 35.4 Å². The van der Waals surface area contributed by atoms with Crippen molar-refractivity contribution in [2.75, 3.05) is 0 Å². The Balaban J connectivity index is 2.17. The van der Waals surface area contributed by atoms with Gasteiger partial charge in [-0.2, -0.15) is 0 Å². The number of carbonyl (C=O) groups is 2. The van der Waals surface area contributed by atoms with Crippen molar-refractivity contribution in [2.45, 2.75) is 45.3 Å². The molecule has 5 nitrogen and oxygen atoms in total. The molecule has 0 spiro atoms. The third kappa shape index (κ3) is 3.93. The number of benzene rings is 1. The van der Waals surface area contributed by atoms with Crippen LogP contribution in [0.1, 0.15) is 45.2 Å². The topological polar surface area (TPSA) is 58.6 Å². The molecule has 2 amide bonds. The Labute approximate surface area is 127 Å². The van der Waals surface area contributed by atoms with E-state index in [1.54, 1.807) is 20.8 Å². The molecule has 1 aromatic carbocycles. The third-order valence-electron chi connectivity index (χ3n) is 3.09. The molecule has 1 saturated heterocycles. The molecule has 0 radical (unpaired) electrons. The minimum Gasteiger partial charge on any atom is -0.443 e. The zero-order valence-electron chi connectivity index (χ0n) is 12.7. The summed E-state index contributed by atoms with van der Waals surface area (Å²) in [6, 6.07) is 2.43. The lowest BCUT2D eigenvalue weighted by Crippen LogP contribution is -2.46. The molecular formula is C15H18F2N2O3. The summed E-state index contributed by atoms with van der Waals surface area (Å²) in [6.45, 7) is 5.08. The summed E-state index contributed by atoms with van der Waals surface area (Å²) < 4.78 is 31.8. The summed E-state index contributed by atoms with van der Waals surface area (Å²) in [7, 11) is 0. The van der Waals surface area contributed by atoms with Crippen LogP contribution in [-0.2, 0) is 9.53 Å². The SMILES string of the molecule is CC(C)(C)OC(=O)NN1C(=O)CCC1c1cc(F)cc(F)c1. The first-order chi connectivity index (χ1) is 10.2. The normalized spacial score (nSPS) is 18.5. The maximum Gasteiger partial charge on any atom is 0.426 e. The summed E-state index contributed by atoms with van der Waals surface area (Å²) in [4.78, 5) is 23.7. The number of hydrazine groups is 1. The Morgan fingerprint density at radius 2 is 1.86 bits per heavy atom. The van der Waals surface area contributed by atoms with Crippen LogP contribution in [0.25, 0.3) is 0 Å².